The summed E-state index contributed by atoms with van der Waals surface area (Å²) in [5, 5.41) is 5.88. The Bertz CT molecular complexity index is 956. The van der Waals surface area contributed by atoms with E-state index in [9.17, 15) is 9.59 Å². The molecule has 5 nitrogen and oxygen atoms in total. The van der Waals surface area contributed by atoms with Crippen molar-refractivity contribution in [2.75, 3.05) is 0 Å². The summed E-state index contributed by atoms with van der Waals surface area (Å²) in [5.41, 5.74) is 2.46. The largest absolute Gasteiger partial charge is 0.449 e. The fourth-order valence-electron chi connectivity index (χ4n) is 2.53. The molecule has 0 saturated heterocycles. The van der Waals surface area contributed by atoms with Gasteiger partial charge in [-0.2, -0.15) is 0 Å². The first-order chi connectivity index (χ1) is 14.0. The summed E-state index contributed by atoms with van der Waals surface area (Å²) >= 11 is 3.30. The summed E-state index contributed by atoms with van der Waals surface area (Å²) in [6, 6.07) is 16.8. The van der Waals surface area contributed by atoms with E-state index in [-0.39, 0.29) is 5.91 Å². The van der Waals surface area contributed by atoms with Gasteiger partial charge in [0.15, 0.2) is 6.10 Å². The monoisotopic (exact) mass is 426 g/mol. The van der Waals surface area contributed by atoms with Gasteiger partial charge in [0.2, 0.25) is 0 Å². The van der Waals surface area contributed by atoms with Gasteiger partial charge in [-0.25, -0.2) is 9.78 Å². The maximum absolute atomic E-state index is 12.3. The highest BCUT2D eigenvalue weighted by atomic mass is 32.2. The second-order valence-corrected chi connectivity index (χ2v) is 8.53. The van der Waals surface area contributed by atoms with E-state index in [1.165, 1.54) is 0 Å². The molecule has 0 aliphatic carbocycles. The second-order valence-electron chi connectivity index (χ2n) is 6.42. The normalized spacial score (nSPS) is 11.7. The van der Waals surface area contributed by atoms with Crippen LogP contribution >= 0.6 is 23.1 Å². The summed E-state index contributed by atoms with van der Waals surface area (Å²) in [5.74, 6) is -0.0563. The molecule has 3 aromatic rings. The standard InChI is InChI=1S/C22H22N2O3S2/c1-15(21(25)23-12-17-6-4-3-5-7-17)27-22(26)18-8-10-20(11-9-18)29-14-19-13-28-16(2)24-19/h3-11,13,15H,12,14H2,1-2H3,(H,23,25). The van der Waals surface area contributed by atoms with Gasteiger partial charge in [-0.3, -0.25) is 4.79 Å². The van der Waals surface area contributed by atoms with Crippen LogP contribution in [0.5, 0.6) is 0 Å². The van der Waals surface area contributed by atoms with Crippen molar-refractivity contribution in [2.24, 2.45) is 0 Å². The molecule has 7 heteroatoms. The molecule has 1 atom stereocenters. The highest BCUT2D eigenvalue weighted by Gasteiger charge is 2.18. The molecule has 0 spiro atoms. The lowest BCUT2D eigenvalue weighted by Gasteiger charge is -2.13. The SMILES string of the molecule is Cc1nc(CSc2ccc(C(=O)OC(C)C(=O)NCc3ccccc3)cc2)cs1. The number of aryl methyl sites for hydroxylation is 1. The molecule has 0 aliphatic rings. The Morgan fingerprint density at radius 2 is 1.86 bits per heavy atom. The maximum atomic E-state index is 12.3. The third kappa shape index (κ3) is 6.44. The lowest BCUT2D eigenvalue weighted by molar-refractivity contribution is -0.129. The number of thioether (sulfide) groups is 1. The first-order valence-electron chi connectivity index (χ1n) is 9.18. The number of hydrogen-bond acceptors (Lipinski definition) is 6. The molecule has 150 valence electrons. The van der Waals surface area contributed by atoms with Crippen molar-refractivity contribution in [1.82, 2.24) is 10.3 Å². The predicted molar refractivity (Wildman–Crippen MR) is 116 cm³/mol. The fourth-order valence-corrected chi connectivity index (χ4v) is 4.04. The number of hydrogen-bond donors (Lipinski definition) is 1. The molecular weight excluding hydrogens is 404 g/mol. The van der Waals surface area contributed by atoms with E-state index in [2.05, 4.69) is 15.7 Å². The third-order valence-electron chi connectivity index (χ3n) is 4.11. The molecule has 0 fully saturated rings. The van der Waals surface area contributed by atoms with Crippen LogP contribution in [0.3, 0.4) is 0 Å². The van der Waals surface area contributed by atoms with Crippen LogP contribution < -0.4 is 5.32 Å². The molecule has 0 bridgehead atoms. The summed E-state index contributed by atoms with van der Waals surface area (Å²) in [6.45, 7) is 3.95. The van der Waals surface area contributed by atoms with Crippen LogP contribution in [0.4, 0.5) is 0 Å². The van der Waals surface area contributed by atoms with E-state index in [1.807, 2.05) is 49.4 Å². The van der Waals surface area contributed by atoms with E-state index in [0.29, 0.717) is 12.1 Å². The second kappa shape index (κ2) is 10.2. The van der Waals surface area contributed by atoms with Crippen molar-refractivity contribution in [2.45, 2.75) is 37.1 Å². The van der Waals surface area contributed by atoms with Crippen LogP contribution in [-0.4, -0.2) is 23.0 Å². The van der Waals surface area contributed by atoms with Gasteiger partial charge < -0.3 is 10.1 Å². The van der Waals surface area contributed by atoms with Crippen molar-refractivity contribution in [3.63, 3.8) is 0 Å². The summed E-state index contributed by atoms with van der Waals surface area (Å²) in [7, 11) is 0. The zero-order valence-corrected chi connectivity index (χ0v) is 17.9. The Kier molecular flexibility index (Phi) is 7.43. The minimum Gasteiger partial charge on any atom is -0.449 e. The third-order valence-corrected chi connectivity index (χ3v) is 5.97. The van der Waals surface area contributed by atoms with Crippen LogP contribution in [0.25, 0.3) is 0 Å². The molecule has 0 saturated carbocycles. The Morgan fingerprint density at radius 3 is 2.52 bits per heavy atom. The average Bonchev–Trinajstić information content (AvgIpc) is 3.16. The number of carbonyl (C=O) groups excluding carboxylic acids is 2. The molecular formula is C22H22N2O3S2. The number of carbonyl (C=O) groups is 2. The van der Waals surface area contributed by atoms with Crippen molar-refractivity contribution >= 4 is 35.0 Å². The first kappa shape index (κ1) is 21.1. The first-order valence-corrected chi connectivity index (χ1v) is 11.0. The Morgan fingerprint density at radius 1 is 1.14 bits per heavy atom. The molecule has 0 aliphatic heterocycles. The minimum absolute atomic E-state index is 0.326. The van der Waals surface area contributed by atoms with E-state index < -0.39 is 12.1 Å². The molecule has 3 rings (SSSR count). The maximum Gasteiger partial charge on any atom is 0.338 e. The smallest absolute Gasteiger partial charge is 0.338 e. The molecule has 1 N–H and O–H groups in total. The number of rotatable bonds is 8. The molecule has 1 unspecified atom stereocenters. The zero-order valence-electron chi connectivity index (χ0n) is 16.3. The van der Waals surface area contributed by atoms with Gasteiger partial charge in [-0.1, -0.05) is 30.3 Å². The number of thiazole rings is 1. The summed E-state index contributed by atoms with van der Waals surface area (Å²) in [4.78, 5) is 30.0. The quantitative estimate of drug-likeness (QED) is 0.421. The number of nitrogens with one attached hydrogen (secondary N) is 1. The number of aromatic nitrogens is 1. The average molecular weight is 427 g/mol. The van der Waals surface area contributed by atoms with E-state index in [4.69, 9.17) is 4.74 Å². The number of esters is 1. The lowest BCUT2D eigenvalue weighted by Crippen LogP contribution is -2.35. The van der Waals surface area contributed by atoms with Crippen LogP contribution in [0.15, 0.2) is 64.9 Å². The Balaban J connectivity index is 1.47. The molecule has 29 heavy (non-hydrogen) atoms. The van der Waals surface area contributed by atoms with Gasteiger partial charge in [0.05, 0.1) is 16.3 Å². The Labute approximate surface area is 178 Å². The summed E-state index contributed by atoms with van der Waals surface area (Å²) in [6.07, 6.45) is -0.867. The van der Waals surface area contributed by atoms with Crippen LogP contribution in [0, 0.1) is 6.92 Å². The van der Waals surface area contributed by atoms with Crippen molar-refractivity contribution in [3.05, 3.63) is 81.8 Å². The number of nitrogens with zero attached hydrogens (tertiary/aromatic N) is 1. The topological polar surface area (TPSA) is 68.3 Å². The minimum atomic E-state index is -0.867. The fraction of sp³-hybridized carbons (Fsp3) is 0.227. The molecule has 1 heterocycles. The predicted octanol–water partition coefficient (Wildman–Crippen LogP) is 4.61. The number of ether oxygens (including phenoxy) is 1. The van der Waals surface area contributed by atoms with E-state index in [1.54, 1.807) is 42.2 Å². The Hall–Kier alpha value is -2.64. The van der Waals surface area contributed by atoms with Crippen LogP contribution in [0.1, 0.15) is 33.5 Å². The van der Waals surface area contributed by atoms with Gasteiger partial charge in [0.1, 0.15) is 0 Å². The van der Waals surface area contributed by atoms with Gasteiger partial charge in [0, 0.05) is 22.6 Å². The van der Waals surface area contributed by atoms with Crippen LogP contribution in [0.2, 0.25) is 0 Å². The molecule has 1 amide bonds. The molecule has 2 aromatic carbocycles. The zero-order chi connectivity index (χ0) is 20.6. The van der Waals surface area contributed by atoms with Gasteiger partial charge in [-0.05, 0) is 43.7 Å². The summed E-state index contributed by atoms with van der Waals surface area (Å²) < 4.78 is 5.29. The van der Waals surface area contributed by atoms with Crippen LogP contribution in [-0.2, 0) is 21.8 Å². The van der Waals surface area contributed by atoms with Crippen molar-refractivity contribution in [3.8, 4) is 0 Å². The van der Waals surface area contributed by atoms with Crippen molar-refractivity contribution in [1.29, 1.82) is 0 Å². The van der Waals surface area contributed by atoms with Crippen molar-refractivity contribution < 1.29 is 14.3 Å². The van der Waals surface area contributed by atoms with Gasteiger partial charge in [0.25, 0.3) is 5.91 Å². The highest BCUT2D eigenvalue weighted by Crippen LogP contribution is 2.24. The van der Waals surface area contributed by atoms with E-state index >= 15 is 0 Å². The molecule has 1 aromatic heterocycles. The number of benzene rings is 2. The van der Waals surface area contributed by atoms with E-state index in [0.717, 1.165) is 26.9 Å². The highest BCUT2D eigenvalue weighted by molar-refractivity contribution is 7.98. The lowest BCUT2D eigenvalue weighted by atomic mass is 10.2. The van der Waals surface area contributed by atoms with Gasteiger partial charge in [-0.15, -0.1) is 23.1 Å². The molecule has 0 radical (unpaired) electrons. The number of amides is 1. The van der Waals surface area contributed by atoms with Gasteiger partial charge >= 0.3 is 5.97 Å².